The van der Waals surface area contributed by atoms with Crippen molar-refractivity contribution in [2.24, 2.45) is 0 Å². The normalized spacial score (nSPS) is 24.0. The zero-order chi connectivity index (χ0) is 21.9. The number of hydrogen-bond donors (Lipinski definition) is 1. The quantitative estimate of drug-likeness (QED) is 0.733. The number of rotatable bonds is 6. The van der Waals surface area contributed by atoms with Crippen LogP contribution in [-0.4, -0.2) is 62.1 Å². The maximum atomic E-state index is 13.4. The zero-order valence-corrected chi connectivity index (χ0v) is 18.7. The van der Waals surface area contributed by atoms with Crippen LogP contribution in [0.4, 0.5) is 5.69 Å². The number of benzene rings is 1. The molecule has 2 aliphatic rings. The summed E-state index contributed by atoms with van der Waals surface area (Å²) in [5.74, 6) is -0.0982. The smallest absolute Gasteiger partial charge is 0.247 e. The highest BCUT2D eigenvalue weighted by molar-refractivity contribution is 7.88. The van der Waals surface area contributed by atoms with E-state index in [2.05, 4.69) is 5.32 Å². The zero-order valence-electron chi connectivity index (χ0n) is 17.9. The third-order valence-corrected chi connectivity index (χ3v) is 7.04. The van der Waals surface area contributed by atoms with Crippen LogP contribution in [0.1, 0.15) is 46.0 Å². The van der Waals surface area contributed by atoms with Crippen molar-refractivity contribution in [3.05, 3.63) is 24.3 Å². The minimum Gasteiger partial charge on any atom is -0.494 e. The van der Waals surface area contributed by atoms with Crippen molar-refractivity contribution in [2.45, 2.75) is 57.5 Å². The average molecular weight is 438 g/mol. The van der Waals surface area contributed by atoms with Gasteiger partial charge in [0.15, 0.2) is 0 Å². The Labute approximate surface area is 178 Å². The van der Waals surface area contributed by atoms with E-state index in [9.17, 15) is 18.0 Å². The Balaban J connectivity index is 1.94. The van der Waals surface area contributed by atoms with Crippen molar-refractivity contribution < 1.29 is 22.7 Å². The Kier molecular flexibility index (Phi) is 6.71. The van der Waals surface area contributed by atoms with Crippen molar-refractivity contribution in [1.82, 2.24) is 9.62 Å². The van der Waals surface area contributed by atoms with Gasteiger partial charge in [0.2, 0.25) is 21.8 Å². The van der Waals surface area contributed by atoms with Crippen LogP contribution in [-0.2, 0) is 19.6 Å². The Morgan fingerprint density at radius 2 is 1.83 bits per heavy atom. The van der Waals surface area contributed by atoms with Crippen LogP contribution >= 0.6 is 0 Å². The molecule has 0 bridgehead atoms. The van der Waals surface area contributed by atoms with Crippen LogP contribution in [0.2, 0.25) is 0 Å². The maximum Gasteiger partial charge on any atom is 0.247 e. The fraction of sp³-hybridized carbons (Fsp3) is 0.619. The van der Waals surface area contributed by atoms with Crippen molar-refractivity contribution in [3.63, 3.8) is 0 Å². The number of anilines is 1. The van der Waals surface area contributed by atoms with E-state index in [0.717, 1.165) is 42.7 Å². The SMILES string of the molecule is CCOc1ccc(N2C(=O)CN(S(C)(=O)=O)C[C@]2(C)C(=O)NC2CCCCC2)cc1. The largest absolute Gasteiger partial charge is 0.494 e. The summed E-state index contributed by atoms with van der Waals surface area (Å²) in [6.45, 7) is 3.65. The topological polar surface area (TPSA) is 96.0 Å². The van der Waals surface area contributed by atoms with E-state index in [1.165, 1.54) is 4.90 Å². The van der Waals surface area contributed by atoms with Gasteiger partial charge in [-0.15, -0.1) is 0 Å². The molecular formula is C21H31N3O5S. The Morgan fingerprint density at radius 1 is 1.20 bits per heavy atom. The molecule has 1 saturated heterocycles. The van der Waals surface area contributed by atoms with Gasteiger partial charge < -0.3 is 10.1 Å². The predicted molar refractivity (Wildman–Crippen MR) is 115 cm³/mol. The fourth-order valence-corrected chi connectivity index (χ4v) is 5.08. The molecule has 2 amide bonds. The first-order valence-corrected chi connectivity index (χ1v) is 12.3. The monoisotopic (exact) mass is 437 g/mol. The molecule has 9 heteroatoms. The molecule has 1 aromatic carbocycles. The molecule has 1 heterocycles. The van der Waals surface area contributed by atoms with Gasteiger partial charge >= 0.3 is 0 Å². The number of ether oxygens (including phenoxy) is 1. The average Bonchev–Trinajstić information content (AvgIpc) is 2.69. The van der Waals surface area contributed by atoms with Crippen LogP contribution in [0, 0.1) is 0 Å². The second-order valence-electron chi connectivity index (χ2n) is 8.27. The van der Waals surface area contributed by atoms with E-state index >= 15 is 0 Å². The molecular weight excluding hydrogens is 406 g/mol. The molecule has 3 rings (SSSR count). The van der Waals surface area contributed by atoms with Gasteiger partial charge in [0, 0.05) is 18.3 Å². The van der Waals surface area contributed by atoms with Gasteiger partial charge in [0.05, 0.1) is 19.4 Å². The number of sulfonamides is 1. The lowest BCUT2D eigenvalue weighted by Gasteiger charge is -2.47. The first-order chi connectivity index (χ1) is 14.1. The summed E-state index contributed by atoms with van der Waals surface area (Å²) in [4.78, 5) is 27.9. The molecule has 166 valence electrons. The van der Waals surface area contributed by atoms with Gasteiger partial charge in [-0.3, -0.25) is 14.5 Å². The number of nitrogens with one attached hydrogen (secondary N) is 1. The molecule has 8 nitrogen and oxygen atoms in total. The number of piperazine rings is 1. The van der Waals surface area contributed by atoms with Crippen molar-refractivity contribution in [3.8, 4) is 5.75 Å². The molecule has 0 aromatic heterocycles. The molecule has 1 atom stereocenters. The number of carbonyl (C=O) groups is 2. The molecule has 1 aliphatic heterocycles. The van der Waals surface area contributed by atoms with E-state index in [1.54, 1.807) is 31.2 Å². The predicted octanol–water partition coefficient (Wildman–Crippen LogP) is 1.90. The third kappa shape index (κ3) is 4.78. The van der Waals surface area contributed by atoms with E-state index in [0.29, 0.717) is 18.0 Å². The number of nitrogens with zero attached hydrogens (tertiary/aromatic N) is 2. The van der Waals surface area contributed by atoms with Crippen LogP contribution in [0.25, 0.3) is 0 Å². The molecule has 2 fully saturated rings. The molecule has 0 spiro atoms. The minimum atomic E-state index is -3.63. The highest BCUT2D eigenvalue weighted by Gasteiger charge is 2.50. The summed E-state index contributed by atoms with van der Waals surface area (Å²) < 4.78 is 30.9. The molecule has 30 heavy (non-hydrogen) atoms. The number of carbonyl (C=O) groups excluding carboxylic acids is 2. The van der Waals surface area contributed by atoms with Crippen molar-refractivity contribution in [1.29, 1.82) is 0 Å². The first kappa shape index (κ1) is 22.6. The Hall–Kier alpha value is -2.13. The van der Waals surface area contributed by atoms with E-state index in [4.69, 9.17) is 4.74 Å². The lowest BCUT2D eigenvalue weighted by atomic mass is 9.91. The van der Waals surface area contributed by atoms with Gasteiger partial charge in [0.1, 0.15) is 11.3 Å². The van der Waals surface area contributed by atoms with Gasteiger partial charge in [0.25, 0.3) is 0 Å². The van der Waals surface area contributed by atoms with E-state index < -0.39 is 21.5 Å². The van der Waals surface area contributed by atoms with Gasteiger partial charge in [-0.05, 0) is 51.0 Å². The fourth-order valence-electron chi connectivity index (χ4n) is 4.25. The van der Waals surface area contributed by atoms with Crippen molar-refractivity contribution >= 4 is 27.5 Å². The standard InChI is InChI=1S/C21H31N3O5S/c1-4-29-18-12-10-17(11-13-18)24-19(25)14-23(30(3,27)28)15-21(24,2)20(26)22-16-8-6-5-7-9-16/h10-13,16H,4-9,14-15H2,1-3H3,(H,22,26)/t21-/m1/s1. The summed E-state index contributed by atoms with van der Waals surface area (Å²) in [7, 11) is -3.63. The molecule has 1 aromatic rings. The summed E-state index contributed by atoms with van der Waals surface area (Å²) in [5.41, 5.74) is -0.818. The highest BCUT2D eigenvalue weighted by Crippen LogP contribution is 2.32. The molecule has 0 unspecified atom stereocenters. The van der Waals surface area contributed by atoms with Crippen molar-refractivity contribution in [2.75, 3.05) is 30.9 Å². The van der Waals surface area contributed by atoms with Gasteiger partial charge in [-0.1, -0.05) is 19.3 Å². The first-order valence-electron chi connectivity index (χ1n) is 10.5. The number of hydrogen-bond acceptors (Lipinski definition) is 5. The van der Waals surface area contributed by atoms with Crippen LogP contribution in [0.3, 0.4) is 0 Å². The van der Waals surface area contributed by atoms with Crippen LogP contribution in [0.5, 0.6) is 5.75 Å². The third-order valence-electron chi connectivity index (χ3n) is 5.84. The summed E-state index contributed by atoms with van der Waals surface area (Å²) in [6.07, 6.45) is 6.12. The van der Waals surface area contributed by atoms with Gasteiger partial charge in [-0.25, -0.2) is 8.42 Å². The second kappa shape index (κ2) is 8.93. The molecule has 0 radical (unpaired) electrons. The van der Waals surface area contributed by atoms with E-state index in [1.807, 2.05) is 6.92 Å². The Morgan fingerprint density at radius 3 is 2.40 bits per heavy atom. The van der Waals surface area contributed by atoms with E-state index in [-0.39, 0.29) is 25.0 Å². The minimum absolute atomic E-state index is 0.0500. The molecule has 1 saturated carbocycles. The summed E-state index contributed by atoms with van der Waals surface area (Å²) >= 11 is 0. The Bertz CT molecular complexity index is 880. The maximum absolute atomic E-state index is 13.4. The summed E-state index contributed by atoms with van der Waals surface area (Å²) in [6, 6.07) is 6.99. The number of amides is 2. The van der Waals surface area contributed by atoms with Crippen LogP contribution in [0.15, 0.2) is 24.3 Å². The van der Waals surface area contributed by atoms with Crippen LogP contribution < -0.4 is 15.0 Å². The molecule has 1 N–H and O–H groups in total. The lowest BCUT2D eigenvalue weighted by molar-refractivity contribution is -0.133. The van der Waals surface area contributed by atoms with Gasteiger partial charge in [-0.2, -0.15) is 4.31 Å². The second-order valence-corrected chi connectivity index (χ2v) is 10.3. The highest BCUT2D eigenvalue weighted by atomic mass is 32.2. The molecule has 1 aliphatic carbocycles. The lowest BCUT2D eigenvalue weighted by Crippen LogP contribution is -2.70. The summed E-state index contributed by atoms with van der Waals surface area (Å²) in [5, 5.41) is 3.07.